The fourth-order valence-corrected chi connectivity index (χ4v) is 1.51. The zero-order valence-corrected chi connectivity index (χ0v) is 10.3. The molecular weight excluding hydrogens is 273 g/mol. The number of esters is 1. The number of alkyl halides is 3. The van der Waals surface area contributed by atoms with E-state index in [-0.39, 0.29) is 17.4 Å². The summed E-state index contributed by atoms with van der Waals surface area (Å²) in [5, 5.41) is -0.184. The lowest BCUT2D eigenvalue weighted by Crippen LogP contribution is -2.27. The molecule has 8 heteroatoms. The molecule has 0 fully saturated rings. The van der Waals surface area contributed by atoms with Gasteiger partial charge >= 0.3 is 12.1 Å². The normalized spacial score (nSPS) is 11.2. The molecule has 0 radical (unpaired) electrons. The zero-order valence-electron chi connectivity index (χ0n) is 9.58. The minimum absolute atomic E-state index is 0.0788. The number of halogens is 4. The molecular formula is C10H10ClF3N2O2. The number of nitrogens with zero attached hydrogens (tertiary/aromatic N) is 2. The van der Waals surface area contributed by atoms with Crippen LogP contribution in [0.3, 0.4) is 0 Å². The van der Waals surface area contributed by atoms with Crippen molar-refractivity contribution in [1.82, 2.24) is 4.98 Å². The van der Waals surface area contributed by atoms with Gasteiger partial charge in [0, 0.05) is 13.2 Å². The molecule has 0 bridgehead atoms. The van der Waals surface area contributed by atoms with Gasteiger partial charge in [0.05, 0.1) is 17.7 Å². The van der Waals surface area contributed by atoms with Gasteiger partial charge in [0.1, 0.15) is 12.4 Å². The van der Waals surface area contributed by atoms with Crippen LogP contribution in [0.15, 0.2) is 12.3 Å². The van der Waals surface area contributed by atoms with Crippen LogP contribution in [0.25, 0.3) is 0 Å². The monoisotopic (exact) mass is 282 g/mol. The van der Waals surface area contributed by atoms with Crippen molar-refractivity contribution in [2.45, 2.75) is 6.18 Å². The molecule has 18 heavy (non-hydrogen) atoms. The van der Waals surface area contributed by atoms with Gasteiger partial charge in [-0.1, -0.05) is 11.6 Å². The molecule has 1 rings (SSSR count). The highest BCUT2D eigenvalue weighted by atomic mass is 35.5. The molecule has 4 nitrogen and oxygen atoms in total. The molecule has 0 aliphatic rings. The van der Waals surface area contributed by atoms with Crippen molar-refractivity contribution in [2.75, 3.05) is 25.6 Å². The Balaban J connectivity index is 2.95. The predicted octanol–water partition coefficient (Wildman–Crippen LogP) is 2.36. The first-order chi connectivity index (χ1) is 8.25. The molecule has 1 aromatic rings. The Morgan fingerprint density at radius 3 is 2.61 bits per heavy atom. The van der Waals surface area contributed by atoms with Gasteiger partial charge in [-0.25, -0.2) is 4.98 Å². The molecule has 1 heterocycles. The molecule has 1 aromatic heterocycles. The minimum Gasteiger partial charge on any atom is -0.468 e. The van der Waals surface area contributed by atoms with Crippen molar-refractivity contribution >= 4 is 23.4 Å². The van der Waals surface area contributed by atoms with Gasteiger partial charge in [0.15, 0.2) is 0 Å². The number of rotatable bonds is 3. The quantitative estimate of drug-likeness (QED) is 0.798. The third-order valence-corrected chi connectivity index (χ3v) is 2.38. The van der Waals surface area contributed by atoms with Gasteiger partial charge < -0.3 is 9.64 Å². The first kappa shape index (κ1) is 14.6. The Labute approximate surface area is 106 Å². The number of anilines is 1. The van der Waals surface area contributed by atoms with Gasteiger partial charge in [0.2, 0.25) is 0 Å². The first-order valence-electron chi connectivity index (χ1n) is 4.76. The van der Waals surface area contributed by atoms with Crippen LogP contribution in [0, 0.1) is 0 Å². The summed E-state index contributed by atoms with van der Waals surface area (Å²) in [6, 6.07) is 0.762. The number of aromatic nitrogens is 1. The lowest BCUT2D eigenvalue weighted by molar-refractivity contribution is -0.139. The average Bonchev–Trinajstić information content (AvgIpc) is 2.27. The van der Waals surface area contributed by atoms with Gasteiger partial charge in [-0.2, -0.15) is 13.2 Å². The van der Waals surface area contributed by atoms with Crippen molar-refractivity contribution in [3.8, 4) is 0 Å². The second kappa shape index (κ2) is 5.43. The maximum absolute atomic E-state index is 12.4. The summed E-state index contributed by atoms with van der Waals surface area (Å²) >= 11 is 5.70. The van der Waals surface area contributed by atoms with Crippen LogP contribution < -0.4 is 4.90 Å². The standard InChI is InChI=1S/C10H10ClF3N2O2/c1-16(5-8(17)18-2)9-7(11)3-6(4-15-9)10(12,13)14/h3-4H,5H2,1-2H3. The zero-order chi connectivity index (χ0) is 13.9. The smallest absolute Gasteiger partial charge is 0.417 e. The molecule has 0 unspecified atom stereocenters. The third kappa shape index (κ3) is 3.49. The van der Waals surface area contributed by atoms with Crippen LogP contribution in [-0.2, 0) is 15.7 Å². The van der Waals surface area contributed by atoms with Crippen molar-refractivity contribution in [2.24, 2.45) is 0 Å². The Kier molecular flexibility index (Phi) is 4.39. The van der Waals surface area contributed by atoms with E-state index in [0.717, 1.165) is 6.07 Å². The van der Waals surface area contributed by atoms with Crippen molar-refractivity contribution in [1.29, 1.82) is 0 Å². The van der Waals surface area contributed by atoms with E-state index in [1.807, 2.05) is 0 Å². The molecule has 0 aliphatic carbocycles. The highest BCUT2D eigenvalue weighted by Crippen LogP contribution is 2.33. The fourth-order valence-electron chi connectivity index (χ4n) is 1.20. The summed E-state index contributed by atoms with van der Waals surface area (Å²) in [4.78, 5) is 15.9. The number of hydrogen-bond acceptors (Lipinski definition) is 4. The fraction of sp³-hybridized carbons (Fsp3) is 0.400. The molecule has 0 N–H and O–H groups in total. The van der Waals surface area contributed by atoms with Gasteiger partial charge in [-0.15, -0.1) is 0 Å². The second-order valence-corrected chi connectivity index (χ2v) is 3.87. The van der Waals surface area contributed by atoms with Crippen molar-refractivity contribution in [3.05, 3.63) is 22.8 Å². The van der Waals surface area contributed by atoms with E-state index < -0.39 is 17.7 Å². The summed E-state index contributed by atoms with van der Waals surface area (Å²) in [7, 11) is 2.68. The Morgan fingerprint density at radius 2 is 2.17 bits per heavy atom. The van der Waals surface area contributed by atoms with Gasteiger partial charge in [-0.3, -0.25) is 4.79 Å². The Hall–Kier alpha value is -1.50. The van der Waals surface area contributed by atoms with Crippen LogP contribution in [0.5, 0.6) is 0 Å². The Bertz CT molecular complexity index is 451. The summed E-state index contributed by atoms with van der Waals surface area (Å²) in [6.45, 7) is -0.158. The maximum atomic E-state index is 12.4. The van der Waals surface area contributed by atoms with Gasteiger partial charge in [-0.05, 0) is 6.07 Å². The number of methoxy groups -OCH3 is 1. The lowest BCUT2D eigenvalue weighted by Gasteiger charge is -2.18. The van der Waals surface area contributed by atoms with E-state index in [1.54, 1.807) is 0 Å². The van der Waals surface area contributed by atoms with Crippen LogP contribution in [-0.4, -0.2) is 31.7 Å². The molecule has 0 aliphatic heterocycles. The number of carbonyl (C=O) groups is 1. The predicted molar refractivity (Wildman–Crippen MR) is 59.5 cm³/mol. The second-order valence-electron chi connectivity index (χ2n) is 3.46. The first-order valence-corrected chi connectivity index (χ1v) is 5.14. The van der Waals surface area contributed by atoms with Crippen molar-refractivity contribution < 1.29 is 22.7 Å². The van der Waals surface area contributed by atoms with Crippen LogP contribution in [0.2, 0.25) is 5.02 Å². The van der Waals surface area contributed by atoms with Crippen LogP contribution >= 0.6 is 11.6 Å². The van der Waals surface area contributed by atoms with E-state index in [2.05, 4.69) is 9.72 Å². The minimum atomic E-state index is -4.50. The summed E-state index contributed by atoms with van der Waals surface area (Å²) in [5.74, 6) is -0.467. The highest BCUT2D eigenvalue weighted by Gasteiger charge is 2.31. The molecule has 0 spiro atoms. The lowest BCUT2D eigenvalue weighted by atomic mass is 10.2. The van der Waals surface area contributed by atoms with E-state index in [0.29, 0.717) is 6.20 Å². The highest BCUT2D eigenvalue weighted by molar-refractivity contribution is 6.33. The molecule has 0 saturated heterocycles. The van der Waals surface area contributed by atoms with E-state index >= 15 is 0 Å². The molecule has 0 saturated carbocycles. The molecule has 0 aromatic carbocycles. The summed E-state index contributed by atoms with van der Waals surface area (Å²) < 4.78 is 41.6. The summed E-state index contributed by atoms with van der Waals surface area (Å²) in [6.07, 6.45) is -3.84. The molecule has 0 amide bonds. The van der Waals surface area contributed by atoms with Crippen LogP contribution in [0.1, 0.15) is 5.56 Å². The average molecular weight is 283 g/mol. The van der Waals surface area contributed by atoms with E-state index in [9.17, 15) is 18.0 Å². The number of likely N-dealkylation sites (N-methyl/N-ethyl adjacent to an activating group) is 1. The molecule has 100 valence electrons. The number of carbonyl (C=O) groups excluding carboxylic acids is 1. The Morgan fingerprint density at radius 1 is 1.56 bits per heavy atom. The SMILES string of the molecule is COC(=O)CN(C)c1ncc(C(F)(F)F)cc1Cl. The number of ether oxygens (including phenoxy) is 1. The largest absolute Gasteiger partial charge is 0.468 e. The summed E-state index contributed by atoms with van der Waals surface area (Å²) in [5.41, 5.74) is -0.942. The third-order valence-electron chi connectivity index (χ3n) is 2.10. The number of hydrogen-bond donors (Lipinski definition) is 0. The topological polar surface area (TPSA) is 42.4 Å². The van der Waals surface area contributed by atoms with Crippen LogP contribution in [0.4, 0.5) is 19.0 Å². The maximum Gasteiger partial charge on any atom is 0.417 e. The van der Waals surface area contributed by atoms with Gasteiger partial charge in [0.25, 0.3) is 0 Å². The van der Waals surface area contributed by atoms with E-state index in [4.69, 9.17) is 11.6 Å². The molecule has 0 atom stereocenters. The van der Waals surface area contributed by atoms with Crippen molar-refractivity contribution in [3.63, 3.8) is 0 Å². The van der Waals surface area contributed by atoms with E-state index in [1.165, 1.54) is 19.1 Å². The number of pyridine rings is 1.